The summed E-state index contributed by atoms with van der Waals surface area (Å²) in [5.74, 6) is 1.12. The molecule has 0 bridgehead atoms. The lowest BCUT2D eigenvalue weighted by Crippen LogP contribution is -2.40. The van der Waals surface area contributed by atoms with E-state index in [4.69, 9.17) is 9.47 Å². The van der Waals surface area contributed by atoms with Crippen molar-refractivity contribution >= 4 is 5.91 Å². The van der Waals surface area contributed by atoms with Crippen molar-refractivity contribution in [3.63, 3.8) is 0 Å². The molecule has 0 N–H and O–H groups in total. The summed E-state index contributed by atoms with van der Waals surface area (Å²) in [5, 5.41) is 4.48. The van der Waals surface area contributed by atoms with Crippen molar-refractivity contribution in [2.75, 3.05) is 13.7 Å². The average Bonchev–Trinajstić information content (AvgIpc) is 3.14. The number of carbonyl (C=O) groups excluding carboxylic acids is 1. The molecule has 0 unspecified atom stereocenters. The molecule has 1 amide bonds. The summed E-state index contributed by atoms with van der Waals surface area (Å²) in [6.45, 7) is 1.89. The van der Waals surface area contributed by atoms with Gasteiger partial charge in [-0.3, -0.25) is 14.5 Å². The topological polar surface area (TPSA) is 82.4 Å². The van der Waals surface area contributed by atoms with E-state index in [-0.39, 0.29) is 5.91 Å². The first-order chi connectivity index (χ1) is 13.2. The third-order valence-electron chi connectivity index (χ3n) is 4.27. The van der Waals surface area contributed by atoms with E-state index in [9.17, 15) is 4.79 Å². The highest BCUT2D eigenvalue weighted by molar-refractivity contribution is 5.93. The number of methoxy groups -OCH3 is 1. The van der Waals surface area contributed by atoms with Crippen LogP contribution in [0.25, 0.3) is 0 Å². The lowest BCUT2D eigenvalue weighted by atomic mass is 10.2. The van der Waals surface area contributed by atoms with Crippen molar-refractivity contribution in [3.8, 4) is 11.6 Å². The molecule has 0 saturated heterocycles. The van der Waals surface area contributed by atoms with E-state index >= 15 is 0 Å². The molecule has 8 heteroatoms. The first kappa shape index (κ1) is 17.0. The Morgan fingerprint density at radius 2 is 1.96 bits per heavy atom. The van der Waals surface area contributed by atoms with Gasteiger partial charge in [0.05, 0.1) is 38.3 Å². The zero-order valence-electron chi connectivity index (χ0n) is 14.9. The van der Waals surface area contributed by atoms with E-state index in [1.54, 1.807) is 21.8 Å². The summed E-state index contributed by atoms with van der Waals surface area (Å²) >= 11 is 0. The molecule has 3 heterocycles. The Kier molecular flexibility index (Phi) is 4.69. The molecule has 138 valence electrons. The molecule has 1 aliphatic rings. The molecule has 0 atom stereocenters. The maximum atomic E-state index is 12.8. The van der Waals surface area contributed by atoms with Gasteiger partial charge in [0.15, 0.2) is 0 Å². The van der Waals surface area contributed by atoms with Crippen LogP contribution >= 0.6 is 0 Å². The lowest BCUT2D eigenvalue weighted by molar-refractivity contribution is 0.0680. The molecule has 0 radical (unpaired) electrons. The largest absolute Gasteiger partial charge is 0.487 e. The highest BCUT2D eigenvalue weighted by atomic mass is 16.5. The maximum absolute atomic E-state index is 12.8. The summed E-state index contributed by atoms with van der Waals surface area (Å²) in [6, 6.07) is 11.3. The molecule has 2 aromatic heterocycles. The number of amides is 1. The predicted molar refractivity (Wildman–Crippen MR) is 96.3 cm³/mol. The number of nitrogens with zero attached hydrogens (tertiary/aromatic N) is 5. The van der Waals surface area contributed by atoms with Gasteiger partial charge in [0.1, 0.15) is 23.7 Å². The van der Waals surface area contributed by atoms with Gasteiger partial charge >= 0.3 is 0 Å². The quantitative estimate of drug-likeness (QED) is 0.664. The van der Waals surface area contributed by atoms with Crippen LogP contribution in [0.2, 0.25) is 0 Å². The standard InChI is InChI=1S/C19H19N5O3/c1-26-18-11-20-10-15(21-18)12-23-7-8-24-17(19(23)25)9-14(22-24)13-27-16-5-3-2-4-6-16/h2-6,9-11H,7-8,12-13H2,1H3. The summed E-state index contributed by atoms with van der Waals surface area (Å²) < 4.78 is 12.5. The number of ether oxygens (including phenoxy) is 2. The fourth-order valence-electron chi connectivity index (χ4n) is 2.94. The van der Waals surface area contributed by atoms with Crippen molar-refractivity contribution in [2.45, 2.75) is 19.7 Å². The van der Waals surface area contributed by atoms with Gasteiger partial charge in [0.25, 0.3) is 5.91 Å². The Morgan fingerprint density at radius 1 is 1.11 bits per heavy atom. The third-order valence-corrected chi connectivity index (χ3v) is 4.27. The highest BCUT2D eigenvalue weighted by Crippen LogP contribution is 2.18. The third kappa shape index (κ3) is 3.74. The summed E-state index contributed by atoms with van der Waals surface area (Å²) in [5.41, 5.74) is 1.97. The van der Waals surface area contributed by atoms with Crippen LogP contribution in [-0.4, -0.2) is 44.2 Å². The summed E-state index contributed by atoms with van der Waals surface area (Å²) in [7, 11) is 1.54. The zero-order chi connectivity index (χ0) is 18.6. The summed E-state index contributed by atoms with van der Waals surface area (Å²) in [4.78, 5) is 23.0. The van der Waals surface area contributed by atoms with Crippen molar-refractivity contribution < 1.29 is 14.3 Å². The van der Waals surface area contributed by atoms with Gasteiger partial charge in [-0.15, -0.1) is 0 Å². The van der Waals surface area contributed by atoms with Crippen LogP contribution in [0, 0.1) is 0 Å². The molecule has 4 rings (SSSR count). The van der Waals surface area contributed by atoms with Crippen LogP contribution in [0.4, 0.5) is 0 Å². The van der Waals surface area contributed by atoms with Crippen LogP contribution < -0.4 is 9.47 Å². The fourth-order valence-corrected chi connectivity index (χ4v) is 2.94. The molecule has 8 nitrogen and oxygen atoms in total. The number of benzene rings is 1. The minimum Gasteiger partial charge on any atom is -0.487 e. The van der Waals surface area contributed by atoms with Crippen molar-refractivity contribution in [1.82, 2.24) is 24.6 Å². The van der Waals surface area contributed by atoms with E-state index in [2.05, 4.69) is 15.1 Å². The van der Waals surface area contributed by atoms with Crippen LogP contribution in [0.5, 0.6) is 11.6 Å². The van der Waals surface area contributed by atoms with Gasteiger partial charge in [0, 0.05) is 6.54 Å². The second-order valence-corrected chi connectivity index (χ2v) is 6.13. The minimum atomic E-state index is -0.0793. The van der Waals surface area contributed by atoms with Crippen molar-refractivity contribution in [3.05, 3.63) is 65.9 Å². The Labute approximate surface area is 156 Å². The first-order valence-electron chi connectivity index (χ1n) is 8.61. The number of aromatic nitrogens is 4. The molecule has 0 fully saturated rings. The van der Waals surface area contributed by atoms with E-state index in [1.165, 1.54) is 13.3 Å². The Hall–Kier alpha value is -3.42. The van der Waals surface area contributed by atoms with Gasteiger partial charge in [-0.2, -0.15) is 5.10 Å². The Bertz CT molecular complexity index is 942. The minimum absolute atomic E-state index is 0.0793. The second-order valence-electron chi connectivity index (χ2n) is 6.13. The molecule has 1 aliphatic heterocycles. The Balaban J connectivity index is 1.45. The number of para-hydroxylation sites is 1. The molecule has 0 aliphatic carbocycles. The predicted octanol–water partition coefficient (Wildman–Crippen LogP) is 1.92. The number of hydrogen-bond donors (Lipinski definition) is 0. The van der Waals surface area contributed by atoms with Gasteiger partial charge in [0.2, 0.25) is 5.88 Å². The molecule has 3 aromatic rings. The maximum Gasteiger partial charge on any atom is 0.272 e. The van der Waals surface area contributed by atoms with E-state index < -0.39 is 0 Å². The molecular formula is C19H19N5O3. The molecule has 27 heavy (non-hydrogen) atoms. The van der Waals surface area contributed by atoms with Crippen LogP contribution in [0.1, 0.15) is 21.9 Å². The monoisotopic (exact) mass is 365 g/mol. The van der Waals surface area contributed by atoms with Crippen LogP contribution in [-0.2, 0) is 19.7 Å². The zero-order valence-corrected chi connectivity index (χ0v) is 14.9. The van der Waals surface area contributed by atoms with Crippen LogP contribution in [0.3, 0.4) is 0 Å². The highest BCUT2D eigenvalue weighted by Gasteiger charge is 2.27. The SMILES string of the molecule is COc1cncc(CN2CCn3nc(COc4ccccc4)cc3C2=O)n1. The van der Waals surface area contributed by atoms with E-state index in [1.807, 2.05) is 30.3 Å². The molecular weight excluding hydrogens is 346 g/mol. The Morgan fingerprint density at radius 3 is 2.78 bits per heavy atom. The normalized spacial score (nSPS) is 13.4. The van der Waals surface area contributed by atoms with Crippen LogP contribution in [0.15, 0.2) is 48.8 Å². The second kappa shape index (κ2) is 7.45. The van der Waals surface area contributed by atoms with Gasteiger partial charge < -0.3 is 14.4 Å². The molecule has 0 saturated carbocycles. The molecule has 1 aromatic carbocycles. The smallest absolute Gasteiger partial charge is 0.272 e. The number of fused-ring (bicyclic) bond motifs is 1. The summed E-state index contributed by atoms with van der Waals surface area (Å²) in [6.07, 6.45) is 3.18. The number of rotatable bonds is 6. The van der Waals surface area contributed by atoms with E-state index in [0.717, 1.165) is 11.4 Å². The molecule has 0 spiro atoms. The van der Waals surface area contributed by atoms with Crippen molar-refractivity contribution in [1.29, 1.82) is 0 Å². The fraction of sp³-hybridized carbons (Fsp3) is 0.263. The lowest BCUT2D eigenvalue weighted by Gasteiger charge is -2.27. The van der Waals surface area contributed by atoms with E-state index in [0.29, 0.717) is 43.5 Å². The van der Waals surface area contributed by atoms with Gasteiger partial charge in [-0.25, -0.2) is 4.98 Å². The number of hydrogen-bond acceptors (Lipinski definition) is 6. The number of carbonyl (C=O) groups is 1. The van der Waals surface area contributed by atoms with Gasteiger partial charge in [-0.05, 0) is 18.2 Å². The average molecular weight is 365 g/mol. The van der Waals surface area contributed by atoms with Crippen molar-refractivity contribution in [2.24, 2.45) is 0 Å². The first-order valence-corrected chi connectivity index (χ1v) is 8.61. The van der Waals surface area contributed by atoms with Gasteiger partial charge in [-0.1, -0.05) is 18.2 Å².